The van der Waals surface area contributed by atoms with E-state index in [1.165, 1.54) is 18.3 Å². The van der Waals surface area contributed by atoms with Crippen molar-refractivity contribution in [3.8, 4) is 0 Å². The van der Waals surface area contributed by atoms with Gasteiger partial charge in [0, 0.05) is 10.6 Å². The van der Waals surface area contributed by atoms with Crippen molar-refractivity contribution in [2.75, 3.05) is 5.32 Å². The Morgan fingerprint density at radius 3 is 2.53 bits per heavy atom. The fourth-order valence-corrected chi connectivity index (χ4v) is 5.13. The van der Waals surface area contributed by atoms with E-state index >= 15 is 0 Å². The molecule has 30 heavy (non-hydrogen) atoms. The van der Waals surface area contributed by atoms with E-state index in [0.717, 1.165) is 34.0 Å². The van der Waals surface area contributed by atoms with E-state index < -0.39 is 30.2 Å². The van der Waals surface area contributed by atoms with Crippen LogP contribution >= 0.6 is 11.3 Å². The summed E-state index contributed by atoms with van der Waals surface area (Å²) in [4.78, 5) is 25.6. The van der Waals surface area contributed by atoms with Crippen LogP contribution in [-0.4, -0.2) is 21.6 Å². The van der Waals surface area contributed by atoms with Crippen LogP contribution in [0.25, 0.3) is 0 Å². The lowest BCUT2D eigenvalue weighted by atomic mass is 9.72. The van der Waals surface area contributed by atoms with Gasteiger partial charge >= 0.3 is 6.18 Å². The van der Waals surface area contributed by atoms with Gasteiger partial charge in [0.2, 0.25) is 5.91 Å². The first-order chi connectivity index (χ1) is 13.8. The molecule has 164 valence electrons. The minimum atomic E-state index is -4.58. The number of hydrogen-bond acceptors (Lipinski definition) is 4. The third-order valence-corrected chi connectivity index (χ3v) is 6.72. The average Bonchev–Trinajstić information content (AvgIpc) is 3.13. The molecular weight excluding hydrogens is 417 g/mol. The van der Waals surface area contributed by atoms with Gasteiger partial charge in [-0.3, -0.25) is 14.3 Å². The number of alkyl halides is 3. The molecular formula is C20H25F3N4O2S. The molecule has 2 aromatic rings. The van der Waals surface area contributed by atoms with Gasteiger partial charge in [0.25, 0.3) is 5.91 Å². The van der Waals surface area contributed by atoms with E-state index in [9.17, 15) is 22.8 Å². The lowest BCUT2D eigenvalue weighted by Gasteiger charge is -2.33. The van der Waals surface area contributed by atoms with Gasteiger partial charge in [-0.25, -0.2) is 0 Å². The number of amides is 2. The van der Waals surface area contributed by atoms with Gasteiger partial charge in [-0.15, -0.1) is 11.3 Å². The molecule has 0 spiro atoms. The number of fused-ring (bicyclic) bond motifs is 1. The first-order valence-corrected chi connectivity index (χ1v) is 10.4. The number of nitrogens with one attached hydrogen (secondary N) is 1. The first-order valence-electron chi connectivity index (χ1n) is 9.63. The van der Waals surface area contributed by atoms with Crippen LogP contribution in [0, 0.1) is 18.3 Å². The number of carbonyl (C=O) groups is 2. The van der Waals surface area contributed by atoms with E-state index in [2.05, 4.69) is 31.2 Å². The Morgan fingerprint density at radius 2 is 2.00 bits per heavy atom. The topological polar surface area (TPSA) is 90.0 Å². The highest BCUT2D eigenvalue weighted by atomic mass is 32.1. The van der Waals surface area contributed by atoms with Crippen molar-refractivity contribution in [3.63, 3.8) is 0 Å². The van der Waals surface area contributed by atoms with E-state index in [-0.39, 0.29) is 11.1 Å². The van der Waals surface area contributed by atoms with Crippen molar-refractivity contribution < 1.29 is 22.8 Å². The number of aromatic nitrogens is 2. The van der Waals surface area contributed by atoms with Crippen LogP contribution in [0.3, 0.4) is 0 Å². The Hall–Kier alpha value is -2.36. The number of thiophene rings is 1. The third kappa shape index (κ3) is 4.53. The Balaban J connectivity index is 1.82. The van der Waals surface area contributed by atoms with Crippen LogP contribution in [0.5, 0.6) is 0 Å². The molecule has 2 heterocycles. The summed E-state index contributed by atoms with van der Waals surface area (Å²) in [5.74, 6) is -0.740. The fourth-order valence-electron chi connectivity index (χ4n) is 3.78. The Kier molecular flexibility index (Phi) is 5.74. The SMILES string of the molecule is Cc1cc(C(F)(F)F)nn1CC(=O)Nc1sc2c(c1C(N)=O)CC[C@H](C(C)(C)C)C2. The largest absolute Gasteiger partial charge is 0.435 e. The Labute approximate surface area is 176 Å². The number of halogens is 3. The van der Waals surface area contributed by atoms with Crippen molar-refractivity contribution in [2.45, 2.75) is 59.7 Å². The molecule has 0 aromatic carbocycles. The van der Waals surface area contributed by atoms with Gasteiger partial charge in [-0.1, -0.05) is 20.8 Å². The molecule has 1 aliphatic carbocycles. The summed E-state index contributed by atoms with van der Waals surface area (Å²) < 4.78 is 39.5. The molecule has 1 aliphatic rings. The number of aryl methyl sites for hydroxylation is 1. The molecule has 6 nitrogen and oxygen atoms in total. The molecule has 0 bridgehead atoms. The first kappa shape index (κ1) is 22.3. The van der Waals surface area contributed by atoms with E-state index in [0.29, 0.717) is 22.9 Å². The summed E-state index contributed by atoms with van der Waals surface area (Å²) in [7, 11) is 0. The zero-order chi connectivity index (χ0) is 22.4. The number of nitrogens with two attached hydrogens (primary N) is 1. The zero-order valence-corrected chi connectivity index (χ0v) is 18.1. The van der Waals surface area contributed by atoms with E-state index in [1.807, 2.05) is 0 Å². The van der Waals surface area contributed by atoms with Crippen molar-refractivity contribution in [3.05, 3.63) is 33.5 Å². The number of primary amides is 1. The molecule has 1 atom stereocenters. The molecule has 3 rings (SSSR count). The van der Waals surface area contributed by atoms with Gasteiger partial charge in [-0.2, -0.15) is 18.3 Å². The summed E-state index contributed by atoms with van der Waals surface area (Å²) in [5, 5.41) is 6.48. The molecule has 0 saturated heterocycles. The average molecular weight is 443 g/mol. The summed E-state index contributed by atoms with van der Waals surface area (Å²) >= 11 is 1.32. The molecule has 0 saturated carbocycles. The highest BCUT2D eigenvalue weighted by Crippen LogP contribution is 2.44. The number of nitrogens with zero attached hydrogens (tertiary/aromatic N) is 2. The summed E-state index contributed by atoms with van der Waals surface area (Å²) in [6, 6.07) is 0.888. The van der Waals surface area contributed by atoms with Gasteiger partial charge in [0.1, 0.15) is 11.5 Å². The van der Waals surface area contributed by atoms with Crippen LogP contribution in [0.15, 0.2) is 6.07 Å². The molecule has 2 amide bonds. The maximum absolute atomic E-state index is 12.8. The summed E-state index contributed by atoms with van der Waals surface area (Å²) in [6.45, 7) is 7.58. The maximum atomic E-state index is 12.8. The van der Waals surface area contributed by atoms with Crippen LogP contribution in [0.2, 0.25) is 0 Å². The van der Waals surface area contributed by atoms with Crippen LogP contribution in [-0.2, 0) is 30.4 Å². The van der Waals surface area contributed by atoms with Gasteiger partial charge in [-0.05, 0) is 49.1 Å². The lowest BCUT2D eigenvalue weighted by molar-refractivity contribution is -0.141. The zero-order valence-electron chi connectivity index (χ0n) is 17.3. The van der Waals surface area contributed by atoms with Crippen molar-refractivity contribution in [2.24, 2.45) is 17.1 Å². The molecule has 2 aromatic heterocycles. The Morgan fingerprint density at radius 1 is 1.33 bits per heavy atom. The van der Waals surface area contributed by atoms with Crippen molar-refractivity contribution >= 4 is 28.2 Å². The second-order valence-corrected chi connectivity index (χ2v) is 9.86. The van der Waals surface area contributed by atoms with Crippen LogP contribution in [0.1, 0.15) is 59.4 Å². The van der Waals surface area contributed by atoms with Gasteiger partial charge in [0.15, 0.2) is 5.69 Å². The predicted octanol–water partition coefficient (Wildman–Crippen LogP) is 4.16. The maximum Gasteiger partial charge on any atom is 0.435 e. The Bertz CT molecular complexity index is 986. The van der Waals surface area contributed by atoms with Crippen molar-refractivity contribution in [1.82, 2.24) is 9.78 Å². The smallest absolute Gasteiger partial charge is 0.365 e. The number of carbonyl (C=O) groups excluding carboxylic acids is 2. The number of rotatable bonds is 4. The monoisotopic (exact) mass is 442 g/mol. The predicted molar refractivity (Wildman–Crippen MR) is 108 cm³/mol. The lowest BCUT2D eigenvalue weighted by Crippen LogP contribution is -2.27. The van der Waals surface area contributed by atoms with Gasteiger partial charge < -0.3 is 11.1 Å². The molecule has 3 N–H and O–H groups in total. The van der Waals surface area contributed by atoms with Crippen molar-refractivity contribution in [1.29, 1.82) is 0 Å². The molecule has 10 heteroatoms. The minimum absolute atomic E-state index is 0.117. The van der Waals surface area contributed by atoms with Crippen LogP contribution in [0.4, 0.5) is 18.2 Å². The molecule has 0 aliphatic heterocycles. The minimum Gasteiger partial charge on any atom is -0.365 e. The molecule has 0 radical (unpaired) electrons. The molecule has 0 unspecified atom stereocenters. The fraction of sp³-hybridized carbons (Fsp3) is 0.550. The molecule has 0 fully saturated rings. The quantitative estimate of drug-likeness (QED) is 0.745. The van der Waals surface area contributed by atoms with E-state index in [4.69, 9.17) is 5.73 Å². The second kappa shape index (κ2) is 7.72. The number of anilines is 1. The summed E-state index contributed by atoms with van der Waals surface area (Å²) in [6.07, 6.45) is -2.16. The highest BCUT2D eigenvalue weighted by Gasteiger charge is 2.35. The highest BCUT2D eigenvalue weighted by molar-refractivity contribution is 7.17. The number of hydrogen-bond donors (Lipinski definition) is 2. The van der Waals surface area contributed by atoms with Gasteiger partial charge in [0.05, 0.1) is 5.56 Å². The van der Waals surface area contributed by atoms with E-state index in [1.54, 1.807) is 0 Å². The third-order valence-electron chi connectivity index (χ3n) is 5.55. The summed E-state index contributed by atoms with van der Waals surface area (Å²) in [5.41, 5.74) is 6.04. The standard InChI is InChI=1S/C20H25F3N4O2S/c1-10-7-14(20(21,22)23)26-27(10)9-15(28)25-18-16(17(24)29)12-6-5-11(19(2,3)4)8-13(12)30-18/h7,11H,5-6,8-9H2,1-4H3,(H2,24,29)(H,25,28)/t11-/m0/s1. The second-order valence-electron chi connectivity index (χ2n) is 8.75. The van der Waals surface area contributed by atoms with Crippen LogP contribution < -0.4 is 11.1 Å². The normalized spacial score (nSPS) is 17.0.